The van der Waals surface area contributed by atoms with Crippen LogP contribution in [0, 0.1) is 22.8 Å². The number of hydrogen-bond acceptors (Lipinski definition) is 4. The second kappa shape index (κ2) is 4.51. The SMILES string of the molecule is CC1(C)C2CC3OB([C@H](I)CN=[N+]=N)O[C@]3(C)C1C2. The molecule has 4 rings (SSSR count). The van der Waals surface area contributed by atoms with Crippen LogP contribution in [-0.4, -0.2) is 29.2 Å². The molecule has 1 aliphatic heterocycles. The fourth-order valence-corrected chi connectivity index (χ4v) is 4.75. The monoisotopic (exact) mass is 376 g/mol. The first-order valence-corrected chi connectivity index (χ1v) is 8.14. The first-order valence-electron chi connectivity index (χ1n) is 6.90. The molecule has 0 spiro atoms. The average molecular weight is 376 g/mol. The molecule has 1 heterocycles. The maximum Gasteiger partial charge on any atom is 0.473 e. The minimum Gasteiger partial charge on any atom is -0.405 e. The van der Waals surface area contributed by atoms with Gasteiger partial charge in [0.05, 0.1) is 15.5 Å². The van der Waals surface area contributed by atoms with E-state index in [2.05, 4.69) is 53.4 Å². The van der Waals surface area contributed by atoms with Crippen LogP contribution in [0.1, 0.15) is 33.6 Å². The van der Waals surface area contributed by atoms with Crippen molar-refractivity contribution in [1.29, 1.82) is 5.53 Å². The van der Waals surface area contributed by atoms with Gasteiger partial charge >= 0.3 is 7.12 Å². The van der Waals surface area contributed by atoms with Gasteiger partial charge in [0, 0.05) is 0 Å². The Labute approximate surface area is 127 Å². The summed E-state index contributed by atoms with van der Waals surface area (Å²) in [4.78, 5) is 3.06. The topological polar surface area (TPSA) is 68.8 Å². The third-order valence-corrected chi connectivity index (χ3v) is 6.57. The zero-order valence-electron chi connectivity index (χ0n) is 11.6. The Kier molecular flexibility index (Phi) is 3.32. The molecule has 4 aliphatic rings. The van der Waals surface area contributed by atoms with Crippen LogP contribution in [0.15, 0.2) is 5.11 Å². The van der Waals surface area contributed by atoms with Crippen LogP contribution in [0.2, 0.25) is 0 Å². The molecule has 0 aromatic carbocycles. The van der Waals surface area contributed by atoms with E-state index in [9.17, 15) is 0 Å². The van der Waals surface area contributed by atoms with Gasteiger partial charge in [-0.05, 0) is 37.0 Å². The second-order valence-electron chi connectivity index (χ2n) is 6.78. The van der Waals surface area contributed by atoms with Crippen LogP contribution in [0.4, 0.5) is 0 Å². The molecule has 3 aliphatic carbocycles. The molecule has 1 saturated heterocycles. The van der Waals surface area contributed by atoms with E-state index in [1.807, 2.05) is 0 Å². The highest BCUT2D eigenvalue weighted by molar-refractivity contribution is 14.1. The zero-order valence-corrected chi connectivity index (χ0v) is 13.8. The van der Waals surface area contributed by atoms with E-state index in [-0.39, 0.29) is 22.6 Å². The van der Waals surface area contributed by atoms with Crippen LogP contribution in [-0.2, 0) is 9.31 Å². The van der Waals surface area contributed by atoms with Gasteiger partial charge < -0.3 is 9.31 Å². The fraction of sp³-hybridized carbons (Fsp3) is 1.00. The minimum atomic E-state index is -0.212. The van der Waals surface area contributed by atoms with Gasteiger partial charge in [-0.15, -0.1) is 0 Å². The molecular weight excluding hydrogens is 356 g/mol. The normalized spacial score (nSPS) is 44.0. The van der Waals surface area contributed by atoms with E-state index in [4.69, 9.17) is 14.8 Å². The summed E-state index contributed by atoms with van der Waals surface area (Å²) < 4.78 is 12.6. The van der Waals surface area contributed by atoms with Crippen molar-refractivity contribution < 1.29 is 9.31 Å². The van der Waals surface area contributed by atoms with E-state index in [1.165, 1.54) is 6.42 Å². The molecule has 3 saturated carbocycles. The summed E-state index contributed by atoms with van der Waals surface area (Å²) in [7, 11) is -0.212. The highest BCUT2D eigenvalue weighted by Gasteiger charge is 2.68. The van der Waals surface area contributed by atoms with Gasteiger partial charge in [0.25, 0.3) is 0 Å². The minimum absolute atomic E-state index is 0.120. The largest absolute Gasteiger partial charge is 0.473 e. The number of halogens is 1. The third-order valence-electron chi connectivity index (χ3n) is 5.59. The van der Waals surface area contributed by atoms with Gasteiger partial charge in [-0.1, -0.05) is 36.4 Å². The lowest BCUT2D eigenvalue weighted by Crippen LogP contribution is -2.65. The van der Waals surface area contributed by atoms with Crippen LogP contribution in [0.5, 0.6) is 0 Å². The molecule has 1 N–H and O–H groups in total. The van der Waals surface area contributed by atoms with Gasteiger partial charge in [-0.3, -0.25) is 0 Å². The zero-order chi connectivity index (χ0) is 13.8. The Morgan fingerprint density at radius 3 is 2.84 bits per heavy atom. The fourth-order valence-electron chi connectivity index (χ4n) is 4.26. The van der Waals surface area contributed by atoms with Crippen LogP contribution < -0.4 is 4.91 Å². The van der Waals surface area contributed by atoms with Gasteiger partial charge in [0.2, 0.25) is 4.91 Å². The van der Waals surface area contributed by atoms with E-state index < -0.39 is 0 Å². The Hall–Kier alpha value is 0.0249. The Morgan fingerprint density at radius 1 is 1.47 bits per heavy atom. The van der Waals surface area contributed by atoms with E-state index >= 15 is 0 Å². The van der Waals surface area contributed by atoms with E-state index in [0.29, 0.717) is 17.9 Å². The molecular formula is C12H20BIN3O2+. The van der Waals surface area contributed by atoms with Gasteiger partial charge in [0.1, 0.15) is 17.2 Å². The molecule has 19 heavy (non-hydrogen) atoms. The van der Waals surface area contributed by atoms with Crippen molar-refractivity contribution in [2.45, 2.75) is 49.1 Å². The highest BCUT2D eigenvalue weighted by Crippen LogP contribution is 2.65. The molecule has 0 amide bonds. The molecule has 5 nitrogen and oxygen atoms in total. The summed E-state index contributed by atoms with van der Waals surface area (Å²) in [6, 6.07) is 0. The molecule has 0 aromatic rings. The van der Waals surface area contributed by atoms with E-state index in [0.717, 1.165) is 12.3 Å². The lowest BCUT2D eigenvalue weighted by atomic mass is 9.43. The summed E-state index contributed by atoms with van der Waals surface area (Å²) in [5, 5.41) is 3.74. The quantitative estimate of drug-likeness (QED) is 0.271. The van der Waals surface area contributed by atoms with Crippen LogP contribution in [0.3, 0.4) is 0 Å². The molecule has 0 radical (unpaired) electrons. The predicted molar refractivity (Wildman–Crippen MR) is 80.1 cm³/mol. The number of nitrogens with zero attached hydrogens (tertiary/aromatic N) is 2. The number of rotatable bonds is 3. The first kappa shape index (κ1) is 14.0. The predicted octanol–water partition coefficient (Wildman–Crippen LogP) is 2.61. The molecule has 4 fully saturated rings. The summed E-state index contributed by atoms with van der Waals surface area (Å²) in [6.07, 6.45) is 2.60. The molecule has 104 valence electrons. The van der Waals surface area contributed by atoms with Crippen molar-refractivity contribution >= 4 is 29.7 Å². The van der Waals surface area contributed by atoms with Crippen molar-refractivity contribution in [3.05, 3.63) is 0 Å². The Morgan fingerprint density at radius 2 is 2.21 bits per heavy atom. The Balaban J connectivity index is 1.75. The number of hydrogen-bond donors (Lipinski definition) is 1. The third kappa shape index (κ3) is 1.93. The summed E-state index contributed by atoms with van der Waals surface area (Å²) in [5.74, 6) is 1.37. The molecule has 2 bridgehead atoms. The number of alkyl halides is 1. The highest BCUT2D eigenvalue weighted by atomic mass is 127. The van der Waals surface area contributed by atoms with Crippen LogP contribution in [0.25, 0.3) is 0 Å². The van der Waals surface area contributed by atoms with Gasteiger partial charge in [-0.2, -0.15) is 0 Å². The summed E-state index contributed by atoms with van der Waals surface area (Å²) in [5.41, 5.74) is 6.96. The van der Waals surface area contributed by atoms with Crippen molar-refractivity contribution in [1.82, 2.24) is 4.91 Å². The molecule has 3 unspecified atom stereocenters. The smallest absolute Gasteiger partial charge is 0.405 e. The summed E-state index contributed by atoms with van der Waals surface area (Å²) >= 11 is 2.29. The standard InChI is InChI=1S/C12H20BIN3O2/c1-11(2)7-4-8(11)12(3)9(5-7)18-13(19-12)10(14)6-16-17-15/h7-10,15H,4-6H2,1-3H3/q+1/t7?,8?,9?,10-,12-/m1/s1. The number of nitrogens with one attached hydrogen (secondary N) is 1. The van der Waals surface area contributed by atoms with Crippen molar-refractivity contribution in [3.8, 4) is 0 Å². The summed E-state index contributed by atoms with van der Waals surface area (Å²) in [6.45, 7) is 7.42. The Bertz CT molecular complexity index is 443. The lowest BCUT2D eigenvalue weighted by Gasteiger charge is -2.64. The van der Waals surface area contributed by atoms with Gasteiger partial charge in [-0.25, -0.2) is 0 Å². The maximum absolute atomic E-state index is 6.73. The van der Waals surface area contributed by atoms with Gasteiger partial charge in [0.15, 0.2) is 0 Å². The lowest BCUT2D eigenvalue weighted by molar-refractivity contribution is -0.199. The second-order valence-corrected chi connectivity index (χ2v) is 8.38. The van der Waals surface area contributed by atoms with Crippen LogP contribution >= 0.6 is 22.6 Å². The van der Waals surface area contributed by atoms with E-state index in [1.54, 1.807) is 0 Å². The molecule has 0 aromatic heterocycles. The van der Waals surface area contributed by atoms with Crippen molar-refractivity contribution in [2.24, 2.45) is 22.4 Å². The van der Waals surface area contributed by atoms with Crippen molar-refractivity contribution in [2.75, 3.05) is 6.54 Å². The average Bonchev–Trinajstić information content (AvgIpc) is 2.72. The first-order chi connectivity index (χ1) is 8.89. The maximum atomic E-state index is 6.73. The molecule has 5 atom stereocenters. The molecule has 7 heteroatoms. The van der Waals surface area contributed by atoms with Crippen molar-refractivity contribution in [3.63, 3.8) is 0 Å².